The predicted molar refractivity (Wildman–Crippen MR) is 28.7 cm³/mol. The van der Waals surface area contributed by atoms with Crippen molar-refractivity contribution in [3.63, 3.8) is 0 Å². The van der Waals surface area contributed by atoms with E-state index in [0.717, 1.165) is 0 Å². The lowest BCUT2D eigenvalue weighted by atomic mass is 10.1. The highest BCUT2D eigenvalue weighted by Gasteiger charge is 1.80. The molecule has 0 N–H and O–H groups in total. The van der Waals surface area contributed by atoms with Crippen LogP contribution in [0.3, 0.4) is 0 Å². The third-order valence-electron chi connectivity index (χ3n) is 0.372. The molecule has 2 radical (unpaired) electrons. The van der Waals surface area contributed by atoms with Gasteiger partial charge in [-0.1, -0.05) is 6.92 Å². The highest BCUT2D eigenvalue weighted by atomic mass is 32.2. The van der Waals surface area contributed by atoms with E-state index in [4.69, 9.17) is 7.85 Å². The summed E-state index contributed by atoms with van der Waals surface area (Å²) in [5.74, 6) is 0. The molecular formula is C3H7BS. The van der Waals surface area contributed by atoms with Gasteiger partial charge in [-0.15, -0.1) is 0 Å². The Hall–Kier alpha value is 0.415. The lowest BCUT2D eigenvalue weighted by Gasteiger charge is -1.91. The van der Waals surface area contributed by atoms with Crippen molar-refractivity contribution in [1.29, 1.82) is 0 Å². The number of rotatable bonds is 1. The Kier molecular flexibility index (Phi) is 2.86. The van der Waals surface area contributed by atoms with Crippen LogP contribution >= 0.6 is 11.8 Å². The van der Waals surface area contributed by atoms with E-state index in [1.165, 1.54) is 0 Å². The Balaban J connectivity index is 2.54. The number of hydrogen-bond acceptors (Lipinski definition) is 1. The molecule has 0 aliphatic carbocycles. The zero-order valence-electron chi connectivity index (χ0n) is 3.56. The van der Waals surface area contributed by atoms with Crippen LogP contribution in [0.4, 0.5) is 0 Å². The summed E-state index contributed by atoms with van der Waals surface area (Å²) in [4.78, 5) is 0. The van der Waals surface area contributed by atoms with Gasteiger partial charge in [0.1, 0.15) is 0 Å². The maximum absolute atomic E-state index is 5.25. The molecule has 0 nitrogen and oxygen atoms in total. The van der Waals surface area contributed by atoms with Crippen LogP contribution in [-0.2, 0) is 0 Å². The molecule has 0 heterocycles. The summed E-state index contributed by atoms with van der Waals surface area (Å²) in [5, 5.41) is 0.301. The van der Waals surface area contributed by atoms with Crippen LogP contribution in [0.5, 0.6) is 0 Å². The molecule has 0 aromatic heterocycles. The lowest BCUT2D eigenvalue weighted by Crippen LogP contribution is -1.88. The molecular weight excluding hydrogens is 78.9 g/mol. The maximum atomic E-state index is 5.25. The van der Waals surface area contributed by atoms with Gasteiger partial charge in [-0.3, -0.25) is 0 Å². The molecule has 0 aromatic carbocycles. The van der Waals surface area contributed by atoms with Crippen molar-refractivity contribution in [2.75, 3.05) is 6.26 Å². The lowest BCUT2D eigenvalue weighted by molar-refractivity contribution is 1.41. The van der Waals surface area contributed by atoms with Crippen LogP contribution in [0.25, 0.3) is 0 Å². The van der Waals surface area contributed by atoms with Crippen molar-refractivity contribution in [3.8, 4) is 0 Å². The van der Waals surface area contributed by atoms with Gasteiger partial charge in [0.25, 0.3) is 0 Å². The molecule has 0 bridgehead atoms. The summed E-state index contributed by atoms with van der Waals surface area (Å²) in [6.45, 7) is 1.96. The minimum atomic E-state index is 0.301. The zero-order chi connectivity index (χ0) is 4.28. The molecule has 0 fully saturated rings. The van der Waals surface area contributed by atoms with Crippen LogP contribution in [-0.4, -0.2) is 19.3 Å². The summed E-state index contributed by atoms with van der Waals surface area (Å²) < 4.78 is 0. The molecule has 0 aliphatic rings. The van der Waals surface area contributed by atoms with Crippen molar-refractivity contribution in [2.45, 2.75) is 12.1 Å². The number of hydrogen-bond donors (Lipinski definition) is 0. The van der Waals surface area contributed by atoms with E-state index >= 15 is 0 Å². The van der Waals surface area contributed by atoms with Gasteiger partial charge in [-0.2, -0.15) is 11.8 Å². The first-order valence-electron chi connectivity index (χ1n) is 1.55. The summed E-state index contributed by atoms with van der Waals surface area (Å²) in [7, 11) is 5.25. The van der Waals surface area contributed by atoms with Crippen molar-refractivity contribution >= 4 is 19.6 Å². The van der Waals surface area contributed by atoms with Crippen molar-refractivity contribution < 1.29 is 0 Å². The SMILES string of the molecule is [B][C@@H](C)SC. The van der Waals surface area contributed by atoms with Gasteiger partial charge in [0.15, 0.2) is 0 Å². The second kappa shape index (κ2) is 2.64. The average Bonchev–Trinajstić information content (AvgIpc) is 1.38. The van der Waals surface area contributed by atoms with E-state index in [0.29, 0.717) is 5.15 Å². The molecule has 5 heavy (non-hydrogen) atoms. The highest BCUT2D eigenvalue weighted by Crippen LogP contribution is 1.96. The van der Waals surface area contributed by atoms with Gasteiger partial charge in [0.2, 0.25) is 0 Å². The Morgan fingerprint density at radius 2 is 2.00 bits per heavy atom. The van der Waals surface area contributed by atoms with E-state index in [1.807, 2.05) is 13.2 Å². The fourth-order valence-corrected chi connectivity index (χ4v) is 0. The Labute approximate surface area is 38.7 Å². The molecule has 0 spiro atoms. The number of thioether (sulfide) groups is 1. The molecule has 0 rings (SSSR count). The summed E-state index contributed by atoms with van der Waals surface area (Å²) in [5.41, 5.74) is 0. The fraction of sp³-hybridized carbons (Fsp3) is 1.00. The van der Waals surface area contributed by atoms with Gasteiger partial charge in [0.05, 0.1) is 7.85 Å². The summed E-state index contributed by atoms with van der Waals surface area (Å²) in [6.07, 6.45) is 1.99. The molecule has 0 saturated heterocycles. The Morgan fingerprint density at radius 1 is 1.80 bits per heavy atom. The molecule has 0 saturated carbocycles. The topological polar surface area (TPSA) is 0 Å². The minimum Gasteiger partial charge on any atom is -0.172 e. The average molecular weight is 86.0 g/mol. The largest absolute Gasteiger partial charge is 0.172 e. The zero-order valence-corrected chi connectivity index (χ0v) is 4.38. The normalized spacial score (nSPS) is 14.8. The Morgan fingerprint density at radius 3 is 2.00 bits per heavy atom. The van der Waals surface area contributed by atoms with Gasteiger partial charge in [-0.25, -0.2) is 0 Å². The molecule has 0 unspecified atom stereocenters. The first kappa shape index (κ1) is 5.41. The van der Waals surface area contributed by atoms with Crippen molar-refractivity contribution in [3.05, 3.63) is 0 Å². The molecule has 2 heteroatoms. The fourth-order valence-electron chi connectivity index (χ4n) is 0. The van der Waals surface area contributed by atoms with Gasteiger partial charge >= 0.3 is 0 Å². The van der Waals surface area contributed by atoms with Crippen LogP contribution in [0.2, 0.25) is 0 Å². The van der Waals surface area contributed by atoms with E-state index in [-0.39, 0.29) is 0 Å². The third kappa shape index (κ3) is 4.41. The first-order valence-corrected chi connectivity index (χ1v) is 2.84. The van der Waals surface area contributed by atoms with E-state index in [2.05, 4.69) is 0 Å². The van der Waals surface area contributed by atoms with Crippen molar-refractivity contribution in [1.82, 2.24) is 0 Å². The summed E-state index contributed by atoms with van der Waals surface area (Å²) in [6, 6.07) is 0. The highest BCUT2D eigenvalue weighted by molar-refractivity contribution is 8.00. The van der Waals surface area contributed by atoms with E-state index < -0.39 is 0 Å². The van der Waals surface area contributed by atoms with Crippen molar-refractivity contribution in [2.24, 2.45) is 0 Å². The van der Waals surface area contributed by atoms with Gasteiger partial charge in [-0.05, 0) is 11.4 Å². The van der Waals surface area contributed by atoms with E-state index in [9.17, 15) is 0 Å². The van der Waals surface area contributed by atoms with Crippen LogP contribution in [0.15, 0.2) is 0 Å². The molecule has 0 amide bonds. The summed E-state index contributed by atoms with van der Waals surface area (Å²) >= 11 is 1.66. The molecule has 28 valence electrons. The molecule has 0 aliphatic heterocycles. The van der Waals surface area contributed by atoms with Crippen LogP contribution in [0, 0.1) is 0 Å². The molecule has 0 aromatic rings. The predicted octanol–water partition coefficient (Wildman–Crippen LogP) is 0.864. The van der Waals surface area contributed by atoms with Crippen LogP contribution in [0.1, 0.15) is 6.92 Å². The first-order chi connectivity index (χ1) is 2.27. The van der Waals surface area contributed by atoms with Crippen LogP contribution < -0.4 is 0 Å². The monoisotopic (exact) mass is 86.0 g/mol. The van der Waals surface area contributed by atoms with Gasteiger partial charge < -0.3 is 0 Å². The third-order valence-corrected chi connectivity index (χ3v) is 1.12. The van der Waals surface area contributed by atoms with E-state index in [1.54, 1.807) is 11.8 Å². The van der Waals surface area contributed by atoms with Gasteiger partial charge in [0, 0.05) is 0 Å². The molecule has 1 atom stereocenters. The second-order valence-electron chi connectivity index (χ2n) is 0.941. The quantitative estimate of drug-likeness (QED) is 0.426. The second-order valence-corrected chi connectivity index (χ2v) is 2.16. The smallest absolute Gasteiger partial charge is 0.0842 e. The maximum Gasteiger partial charge on any atom is 0.0842 e. The standard InChI is InChI=1S/C3H7BS/c1-3(4)5-2/h3H,1-2H3/t3-/m1/s1. The minimum absolute atomic E-state index is 0.301. The Bertz CT molecular complexity index is 20.9.